The highest BCUT2D eigenvalue weighted by Gasteiger charge is 2.13. The molecule has 0 aliphatic carbocycles. The highest BCUT2D eigenvalue weighted by Crippen LogP contribution is 2.23. The predicted molar refractivity (Wildman–Crippen MR) is 71.4 cm³/mol. The van der Waals surface area contributed by atoms with Crippen LogP contribution in [-0.2, 0) is 6.54 Å². The summed E-state index contributed by atoms with van der Waals surface area (Å²) in [6.45, 7) is 4.77. The quantitative estimate of drug-likeness (QED) is 0.779. The first-order valence-electron chi connectivity index (χ1n) is 5.44. The van der Waals surface area contributed by atoms with Gasteiger partial charge in [0.05, 0.1) is 12.6 Å². The second-order valence-corrected chi connectivity index (χ2v) is 5.10. The van der Waals surface area contributed by atoms with E-state index in [4.69, 9.17) is 5.73 Å². The van der Waals surface area contributed by atoms with Gasteiger partial charge in [-0.2, -0.15) is 0 Å². The predicted octanol–water partition coefficient (Wildman–Crippen LogP) is 2.34. The van der Waals surface area contributed by atoms with Gasteiger partial charge in [0.15, 0.2) is 0 Å². The molecule has 1 unspecified atom stereocenters. The molecule has 0 fully saturated rings. The maximum absolute atomic E-state index is 9.29. The minimum Gasteiger partial charge on any atom is -0.394 e. The molecule has 4 heteroatoms. The Morgan fingerprint density at radius 1 is 1.44 bits per heavy atom. The second kappa shape index (κ2) is 6.23. The molecule has 3 nitrogen and oxygen atoms in total. The van der Waals surface area contributed by atoms with Crippen molar-refractivity contribution in [1.29, 1.82) is 0 Å². The Labute approximate surface area is 105 Å². The number of aliphatic hydroxyl groups excluding tert-OH is 1. The molecule has 4 N–H and O–H groups in total. The summed E-state index contributed by atoms with van der Waals surface area (Å²) >= 11 is 3.43. The lowest BCUT2D eigenvalue weighted by atomic mass is 10.0. The number of anilines is 1. The fourth-order valence-corrected chi connectivity index (χ4v) is 1.84. The van der Waals surface area contributed by atoms with E-state index in [1.807, 2.05) is 18.2 Å². The summed E-state index contributed by atoms with van der Waals surface area (Å²) in [5.41, 5.74) is 7.72. The van der Waals surface area contributed by atoms with E-state index in [1.54, 1.807) is 0 Å². The van der Waals surface area contributed by atoms with Crippen molar-refractivity contribution < 1.29 is 5.11 Å². The van der Waals surface area contributed by atoms with Crippen molar-refractivity contribution in [2.45, 2.75) is 26.4 Å². The fourth-order valence-electron chi connectivity index (χ4n) is 1.48. The topological polar surface area (TPSA) is 58.3 Å². The summed E-state index contributed by atoms with van der Waals surface area (Å²) in [5, 5.41) is 12.6. The first-order chi connectivity index (χ1) is 7.58. The highest BCUT2D eigenvalue weighted by molar-refractivity contribution is 9.10. The van der Waals surface area contributed by atoms with Crippen LogP contribution < -0.4 is 11.1 Å². The van der Waals surface area contributed by atoms with Gasteiger partial charge in [0.25, 0.3) is 0 Å². The van der Waals surface area contributed by atoms with E-state index in [2.05, 4.69) is 35.1 Å². The lowest BCUT2D eigenvalue weighted by Crippen LogP contribution is -2.30. The Bertz CT molecular complexity index is 342. The SMILES string of the molecule is CC(C)C(CO)Nc1cc(Br)ccc1CN. The molecule has 0 radical (unpaired) electrons. The van der Waals surface area contributed by atoms with Crippen molar-refractivity contribution in [3.05, 3.63) is 28.2 Å². The van der Waals surface area contributed by atoms with Gasteiger partial charge in [0.2, 0.25) is 0 Å². The van der Waals surface area contributed by atoms with Crippen molar-refractivity contribution in [2.24, 2.45) is 11.7 Å². The summed E-state index contributed by atoms with van der Waals surface area (Å²) < 4.78 is 1.01. The number of benzene rings is 1. The van der Waals surface area contributed by atoms with Crippen LogP contribution in [0.1, 0.15) is 19.4 Å². The molecule has 1 aromatic rings. The fraction of sp³-hybridized carbons (Fsp3) is 0.500. The standard InChI is InChI=1S/C12H19BrN2O/c1-8(2)12(7-16)15-11-5-10(13)4-3-9(11)6-14/h3-5,8,12,15-16H,6-7,14H2,1-2H3. The summed E-state index contributed by atoms with van der Waals surface area (Å²) in [5.74, 6) is 0.370. The van der Waals surface area contributed by atoms with Gasteiger partial charge in [0.1, 0.15) is 0 Å². The van der Waals surface area contributed by atoms with Crippen LogP contribution in [0.3, 0.4) is 0 Å². The van der Waals surface area contributed by atoms with E-state index in [9.17, 15) is 5.11 Å². The van der Waals surface area contributed by atoms with Crippen molar-refractivity contribution >= 4 is 21.6 Å². The molecular weight excluding hydrogens is 268 g/mol. The average molecular weight is 287 g/mol. The van der Waals surface area contributed by atoms with E-state index >= 15 is 0 Å². The van der Waals surface area contributed by atoms with Crippen LogP contribution in [0.5, 0.6) is 0 Å². The van der Waals surface area contributed by atoms with Crippen LogP contribution >= 0.6 is 15.9 Å². The summed E-state index contributed by atoms with van der Waals surface area (Å²) in [4.78, 5) is 0. The monoisotopic (exact) mass is 286 g/mol. The normalized spacial score (nSPS) is 12.9. The van der Waals surface area contributed by atoms with Gasteiger partial charge in [-0.25, -0.2) is 0 Å². The molecule has 0 amide bonds. The molecule has 0 aliphatic rings. The Morgan fingerprint density at radius 3 is 2.62 bits per heavy atom. The first kappa shape index (κ1) is 13.5. The third-order valence-electron chi connectivity index (χ3n) is 2.63. The van der Waals surface area contributed by atoms with Crippen LogP contribution in [0, 0.1) is 5.92 Å². The lowest BCUT2D eigenvalue weighted by molar-refractivity contribution is 0.249. The van der Waals surface area contributed by atoms with E-state index in [1.165, 1.54) is 0 Å². The molecule has 1 aromatic carbocycles. The number of rotatable bonds is 5. The molecule has 0 spiro atoms. The first-order valence-corrected chi connectivity index (χ1v) is 6.23. The zero-order chi connectivity index (χ0) is 12.1. The van der Waals surface area contributed by atoms with Gasteiger partial charge < -0.3 is 16.2 Å². The Balaban J connectivity index is 2.89. The number of hydrogen-bond acceptors (Lipinski definition) is 3. The maximum atomic E-state index is 9.29. The maximum Gasteiger partial charge on any atom is 0.0635 e. The van der Waals surface area contributed by atoms with E-state index in [0.717, 1.165) is 15.7 Å². The van der Waals surface area contributed by atoms with E-state index in [0.29, 0.717) is 12.5 Å². The third-order valence-corrected chi connectivity index (χ3v) is 3.13. The Kier molecular flexibility index (Phi) is 5.25. The van der Waals surface area contributed by atoms with Crippen molar-refractivity contribution in [3.63, 3.8) is 0 Å². The number of hydrogen-bond donors (Lipinski definition) is 3. The zero-order valence-corrected chi connectivity index (χ0v) is 11.3. The number of nitrogens with one attached hydrogen (secondary N) is 1. The number of halogens is 1. The largest absolute Gasteiger partial charge is 0.394 e. The van der Waals surface area contributed by atoms with E-state index < -0.39 is 0 Å². The minimum absolute atomic E-state index is 0.0552. The Hall–Kier alpha value is -0.580. The van der Waals surface area contributed by atoms with Gasteiger partial charge in [-0.15, -0.1) is 0 Å². The van der Waals surface area contributed by atoms with Crippen LogP contribution in [0.15, 0.2) is 22.7 Å². The second-order valence-electron chi connectivity index (χ2n) is 4.18. The molecule has 90 valence electrons. The van der Waals surface area contributed by atoms with Crippen molar-refractivity contribution in [1.82, 2.24) is 0 Å². The van der Waals surface area contributed by atoms with Crippen LogP contribution in [0.4, 0.5) is 5.69 Å². The third kappa shape index (κ3) is 3.47. The highest BCUT2D eigenvalue weighted by atomic mass is 79.9. The molecule has 1 atom stereocenters. The Morgan fingerprint density at radius 2 is 2.12 bits per heavy atom. The van der Waals surface area contributed by atoms with Gasteiger partial charge in [-0.05, 0) is 23.6 Å². The lowest BCUT2D eigenvalue weighted by Gasteiger charge is -2.23. The summed E-state index contributed by atoms with van der Waals surface area (Å²) in [6.07, 6.45) is 0. The summed E-state index contributed by atoms with van der Waals surface area (Å²) in [7, 11) is 0. The van der Waals surface area contributed by atoms with Crippen molar-refractivity contribution in [3.8, 4) is 0 Å². The molecule has 0 saturated heterocycles. The number of aliphatic hydroxyl groups is 1. The van der Waals surface area contributed by atoms with Crippen LogP contribution in [0.2, 0.25) is 0 Å². The molecular formula is C12H19BrN2O. The van der Waals surface area contributed by atoms with Crippen LogP contribution in [-0.4, -0.2) is 17.8 Å². The van der Waals surface area contributed by atoms with Gasteiger partial charge >= 0.3 is 0 Å². The van der Waals surface area contributed by atoms with E-state index in [-0.39, 0.29) is 12.6 Å². The molecule has 0 heterocycles. The molecule has 0 aliphatic heterocycles. The van der Waals surface area contributed by atoms with Crippen LogP contribution in [0.25, 0.3) is 0 Å². The van der Waals surface area contributed by atoms with Gasteiger partial charge in [-0.1, -0.05) is 35.8 Å². The molecule has 16 heavy (non-hydrogen) atoms. The smallest absolute Gasteiger partial charge is 0.0635 e. The molecule has 0 aromatic heterocycles. The molecule has 1 rings (SSSR count). The average Bonchev–Trinajstić information content (AvgIpc) is 2.25. The zero-order valence-electron chi connectivity index (χ0n) is 9.70. The summed E-state index contributed by atoms with van der Waals surface area (Å²) in [6, 6.07) is 6.00. The van der Waals surface area contributed by atoms with Gasteiger partial charge in [-0.3, -0.25) is 0 Å². The molecule has 0 bridgehead atoms. The van der Waals surface area contributed by atoms with Crippen molar-refractivity contribution in [2.75, 3.05) is 11.9 Å². The minimum atomic E-state index is 0.0552. The number of nitrogens with two attached hydrogens (primary N) is 1. The molecule has 0 saturated carbocycles. The van der Waals surface area contributed by atoms with Gasteiger partial charge in [0, 0.05) is 16.7 Å².